The maximum atomic E-state index is 11.3. The first kappa shape index (κ1) is 12.6. The van der Waals surface area contributed by atoms with Crippen LogP contribution in [0.2, 0.25) is 0 Å². The Balaban J connectivity index is 1.83. The molecule has 3 rings (SSSR count). The molecule has 98 valence electrons. The van der Waals surface area contributed by atoms with Crippen LogP contribution in [0.5, 0.6) is 0 Å². The number of fused-ring (bicyclic) bond motifs is 2. The lowest BCUT2D eigenvalue weighted by Gasteiger charge is -2.29. The van der Waals surface area contributed by atoms with E-state index in [1.54, 1.807) is 11.3 Å². The van der Waals surface area contributed by atoms with E-state index in [0.29, 0.717) is 12.1 Å². The lowest BCUT2D eigenvalue weighted by molar-refractivity contribution is -0.142. The van der Waals surface area contributed by atoms with Crippen molar-refractivity contribution in [1.82, 2.24) is 4.90 Å². The first-order valence-corrected chi connectivity index (χ1v) is 7.94. The summed E-state index contributed by atoms with van der Waals surface area (Å²) >= 11 is 5.25. The van der Waals surface area contributed by atoms with Crippen LogP contribution in [-0.2, 0) is 4.79 Å². The van der Waals surface area contributed by atoms with E-state index in [9.17, 15) is 9.90 Å². The predicted octanol–water partition coefficient (Wildman–Crippen LogP) is 3.51. The largest absolute Gasteiger partial charge is 0.481 e. The molecule has 5 heteroatoms. The average molecular weight is 330 g/mol. The van der Waals surface area contributed by atoms with Gasteiger partial charge in [-0.1, -0.05) is 0 Å². The number of carbonyl (C=O) groups is 1. The molecule has 2 bridgehead atoms. The Morgan fingerprint density at radius 3 is 2.89 bits per heavy atom. The second-order valence-electron chi connectivity index (χ2n) is 5.24. The molecule has 0 aliphatic carbocycles. The summed E-state index contributed by atoms with van der Waals surface area (Å²) in [5, 5.41) is 9.28. The summed E-state index contributed by atoms with van der Waals surface area (Å²) in [4.78, 5) is 15.0. The maximum absolute atomic E-state index is 11.3. The number of nitrogens with zero attached hydrogens (tertiary/aromatic N) is 1. The fraction of sp³-hybridized carbons (Fsp3) is 0.615. The summed E-state index contributed by atoms with van der Waals surface area (Å²) in [5.74, 6) is -0.777. The monoisotopic (exact) mass is 329 g/mol. The number of hydrogen-bond acceptors (Lipinski definition) is 3. The van der Waals surface area contributed by atoms with Crippen molar-refractivity contribution < 1.29 is 9.90 Å². The molecule has 0 saturated carbocycles. The van der Waals surface area contributed by atoms with Crippen LogP contribution in [0.1, 0.15) is 37.1 Å². The highest BCUT2D eigenvalue weighted by molar-refractivity contribution is 9.11. The van der Waals surface area contributed by atoms with E-state index >= 15 is 0 Å². The van der Waals surface area contributed by atoms with Gasteiger partial charge in [0.05, 0.1) is 9.70 Å². The Labute approximate surface area is 119 Å². The number of hydrogen-bond donors (Lipinski definition) is 1. The number of aliphatic carboxylic acids is 1. The van der Waals surface area contributed by atoms with Gasteiger partial charge in [-0.2, -0.15) is 0 Å². The third-order valence-electron chi connectivity index (χ3n) is 4.36. The topological polar surface area (TPSA) is 40.5 Å². The van der Waals surface area contributed by atoms with E-state index in [2.05, 4.69) is 39.9 Å². The quantitative estimate of drug-likeness (QED) is 0.922. The third-order valence-corrected chi connectivity index (χ3v) is 6.15. The average Bonchev–Trinajstić information content (AvgIpc) is 3.01. The standard InChI is InChI=1S/C13H16BrNO2S/c1-7(11-4-5-12(14)18-11)15-8-2-3-10(15)9(6-8)13(16)17/h4-5,7-10H,2-3,6H2,1H3,(H,16,17). The molecule has 2 fully saturated rings. The van der Waals surface area contributed by atoms with Crippen molar-refractivity contribution >= 4 is 33.2 Å². The molecule has 18 heavy (non-hydrogen) atoms. The first-order valence-electron chi connectivity index (χ1n) is 6.33. The van der Waals surface area contributed by atoms with Crippen molar-refractivity contribution in [3.63, 3.8) is 0 Å². The molecule has 3 nitrogen and oxygen atoms in total. The van der Waals surface area contributed by atoms with E-state index in [1.807, 2.05) is 0 Å². The van der Waals surface area contributed by atoms with Gasteiger partial charge < -0.3 is 5.11 Å². The van der Waals surface area contributed by atoms with Crippen molar-refractivity contribution in [2.75, 3.05) is 0 Å². The second kappa shape index (κ2) is 4.62. The highest BCUT2D eigenvalue weighted by Gasteiger charge is 2.51. The zero-order chi connectivity index (χ0) is 12.9. The molecule has 2 aliphatic heterocycles. The Morgan fingerprint density at radius 1 is 1.56 bits per heavy atom. The molecule has 2 aliphatic rings. The van der Waals surface area contributed by atoms with Gasteiger partial charge in [0, 0.05) is 23.0 Å². The zero-order valence-corrected chi connectivity index (χ0v) is 12.6. The molecular formula is C13H16BrNO2S. The number of thiophene rings is 1. The highest BCUT2D eigenvalue weighted by atomic mass is 79.9. The van der Waals surface area contributed by atoms with E-state index in [1.165, 1.54) is 4.88 Å². The minimum Gasteiger partial charge on any atom is -0.481 e. The second-order valence-corrected chi connectivity index (χ2v) is 7.74. The summed E-state index contributed by atoms with van der Waals surface area (Å²) in [6.07, 6.45) is 3.03. The van der Waals surface area contributed by atoms with Crippen LogP contribution in [0.4, 0.5) is 0 Å². The summed E-state index contributed by atoms with van der Waals surface area (Å²) in [7, 11) is 0. The molecule has 2 saturated heterocycles. The summed E-state index contributed by atoms with van der Waals surface area (Å²) in [5.41, 5.74) is 0. The SMILES string of the molecule is CC(c1ccc(Br)s1)N1C2CCC1C(C(=O)O)C2. The lowest BCUT2D eigenvalue weighted by Crippen LogP contribution is -2.34. The lowest BCUT2D eigenvalue weighted by atomic mass is 9.89. The minimum absolute atomic E-state index is 0.158. The molecule has 0 spiro atoms. The molecule has 4 unspecified atom stereocenters. The van der Waals surface area contributed by atoms with Crippen LogP contribution in [0, 0.1) is 5.92 Å². The van der Waals surface area contributed by atoms with Crippen molar-refractivity contribution in [3.05, 3.63) is 20.8 Å². The van der Waals surface area contributed by atoms with Crippen molar-refractivity contribution in [3.8, 4) is 0 Å². The van der Waals surface area contributed by atoms with Crippen molar-refractivity contribution in [2.24, 2.45) is 5.92 Å². The van der Waals surface area contributed by atoms with E-state index in [-0.39, 0.29) is 12.0 Å². The molecule has 1 aromatic rings. The summed E-state index contributed by atoms with van der Waals surface area (Å²) in [6.45, 7) is 2.20. The fourth-order valence-electron chi connectivity index (χ4n) is 3.60. The van der Waals surface area contributed by atoms with Crippen molar-refractivity contribution in [1.29, 1.82) is 0 Å². The van der Waals surface area contributed by atoms with Crippen LogP contribution < -0.4 is 0 Å². The molecular weight excluding hydrogens is 314 g/mol. The Morgan fingerprint density at radius 2 is 2.33 bits per heavy atom. The molecule has 0 amide bonds. The first-order chi connectivity index (χ1) is 8.58. The predicted molar refractivity (Wildman–Crippen MR) is 74.8 cm³/mol. The van der Waals surface area contributed by atoms with E-state index < -0.39 is 5.97 Å². The minimum atomic E-state index is -0.619. The van der Waals surface area contributed by atoms with Gasteiger partial charge in [0.2, 0.25) is 0 Å². The van der Waals surface area contributed by atoms with E-state index in [0.717, 1.165) is 23.0 Å². The van der Waals surface area contributed by atoms with Crippen molar-refractivity contribution in [2.45, 2.75) is 44.3 Å². The van der Waals surface area contributed by atoms with Crippen LogP contribution in [0.15, 0.2) is 15.9 Å². The van der Waals surface area contributed by atoms with Gasteiger partial charge >= 0.3 is 5.97 Å². The van der Waals surface area contributed by atoms with Crippen LogP contribution in [0.3, 0.4) is 0 Å². The van der Waals surface area contributed by atoms with Gasteiger partial charge in [-0.25, -0.2) is 0 Å². The van der Waals surface area contributed by atoms with Gasteiger partial charge in [0.25, 0.3) is 0 Å². The van der Waals surface area contributed by atoms with Crippen LogP contribution in [-0.4, -0.2) is 28.1 Å². The Hall–Kier alpha value is -0.390. The zero-order valence-electron chi connectivity index (χ0n) is 10.2. The fourth-order valence-corrected chi connectivity index (χ4v) is 5.08. The van der Waals surface area contributed by atoms with Gasteiger partial charge in [0.1, 0.15) is 0 Å². The maximum Gasteiger partial charge on any atom is 0.308 e. The summed E-state index contributed by atoms with van der Waals surface area (Å²) < 4.78 is 1.14. The van der Waals surface area contributed by atoms with Gasteiger partial charge in [-0.05, 0) is 54.2 Å². The number of carboxylic acid groups (broad SMARTS) is 1. The molecule has 1 aromatic heterocycles. The van der Waals surface area contributed by atoms with Gasteiger partial charge in [-0.3, -0.25) is 9.69 Å². The van der Waals surface area contributed by atoms with Crippen LogP contribution in [0.25, 0.3) is 0 Å². The molecule has 1 N–H and O–H groups in total. The normalized spacial score (nSPS) is 32.9. The third kappa shape index (κ3) is 1.92. The molecule has 0 aromatic carbocycles. The Kier molecular flexibility index (Phi) is 3.24. The number of carboxylic acids is 1. The van der Waals surface area contributed by atoms with E-state index in [4.69, 9.17) is 0 Å². The summed E-state index contributed by atoms with van der Waals surface area (Å²) in [6, 6.07) is 5.26. The molecule has 0 radical (unpaired) electrons. The number of halogens is 1. The Bertz CT molecular complexity index is 475. The smallest absolute Gasteiger partial charge is 0.308 e. The molecule has 3 heterocycles. The number of rotatable bonds is 3. The molecule has 4 atom stereocenters. The van der Waals surface area contributed by atoms with Gasteiger partial charge in [0.15, 0.2) is 0 Å². The van der Waals surface area contributed by atoms with Gasteiger partial charge in [-0.15, -0.1) is 11.3 Å². The highest BCUT2D eigenvalue weighted by Crippen LogP contribution is 2.47. The van der Waals surface area contributed by atoms with Crippen LogP contribution >= 0.6 is 27.3 Å².